The van der Waals surface area contributed by atoms with Crippen LogP contribution in [-0.4, -0.2) is 40.7 Å². The molecule has 1 aliphatic heterocycles. The Labute approximate surface area is 140 Å². The summed E-state index contributed by atoms with van der Waals surface area (Å²) < 4.78 is 0. The van der Waals surface area contributed by atoms with Crippen molar-refractivity contribution in [2.75, 3.05) is 19.6 Å². The molecule has 1 saturated heterocycles. The molecule has 4 rings (SSSR count). The second-order valence-electron chi connectivity index (χ2n) is 6.13. The highest BCUT2D eigenvalue weighted by molar-refractivity contribution is 5.94. The Morgan fingerprint density at radius 2 is 1.96 bits per heavy atom. The molecule has 0 atom stereocenters. The minimum atomic E-state index is -0.0212. The molecule has 3 N–H and O–H groups in total. The Balaban J connectivity index is 0.00000156. The fraction of sp³-hybridized carbons (Fsp3) is 0.438. The fourth-order valence-electron chi connectivity index (χ4n) is 2.55. The number of rotatable bonds is 5. The van der Waals surface area contributed by atoms with Crippen LogP contribution in [0.2, 0.25) is 0 Å². The van der Waals surface area contributed by atoms with Gasteiger partial charge in [-0.05, 0) is 25.0 Å². The minimum Gasteiger partial charge on any atom is -0.352 e. The van der Waals surface area contributed by atoms with Crippen LogP contribution in [0, 0.1) is 5.92 Å². The predicted octanol–water partition coefficient (Wildman–Crippen LogP) is 1.72. The summed E-state index contributed by atoms with van der Waals surface area (Å²) in [6.45, 7) is 2.72. The van der Waals surface area contributed by atoms with E-state index < -0.39 is 0 Å². The van der Waals surface area contributed by atoms with E-state index >= 15 is 0 Å². The monoisotopic (exact) mass is 333 g/mol. The Kier molecular flexibility index (Phi) is 4.63. The number of nitrogens with one attached hydrogen (secondary N) is 3. The van der Waals surface area contributed by atoms with E-state index in [2.05, 4.69) is 25.8 Å². The van der Waals surface area contributed by atoms with E-state index in [-0.39, 0.29) is 18.3 Å². The molecule has 1 saturated carbocycles. The molecule has 0 radical (unpaired) electrons. The van der Waals surface area contributed by atoms with Gasteiger partial charge < -0.3 is 10.6 Å². The van der Waals surface area contributed by atoms with Gasteiger partial charge in [0.25, 0.3) is 5.91 Å². The second kappa shape index (κ2) is 6.68. The van der Waals surface area contributed by atoms with Crippen molar-refractivity contribution in [1.82, 2.24) is 25.8 Å². The van der Waals surface area contributed by atoms with Crippen molar-refractivity contribution in [3.8, 4) is 11.4 Å². The molecule has 0 spiro atoms. The van der Waals surface area contributed by atoms with E-state index in [4.69, 9.17) is 0 Å². The normalized spacial score (nSPS) is 17.2. The number of benzene rings is 1. The summed E-state index contributed by atoms with van der Waals surface area (Å²) in [6.07, 6.45) is 2.40. The van der Waals surface area contributed by atoms with Gasteiger partial charge in [-0.25, -0.2) is 4.98 Å². The molecule has 1 aliphatic carbocycles. The Hall–Kier alpha value is -1.92. The third kappa shape index (κ3) is 3.54. The molecule has 2 aromatic rings. The van der Waals surface area contributed by atoms with Crippen molar-refractivity contribution in [1.29, 1.82) is 0 Å². The number of nitrogens with zero attached hydrogens (tertiary/aromatic N) is 2. The van der Waals surface area contributed by atoms with Crippen molar-refractivity contribution in [3.63, 3.8) is 0 Å². The Morgan fingerprint density at radius 1 is 1.22 bits per heavy atom. The molecule has 2 heterocycles. The van der Waals surface area contributed by atoms with Gasteiger partial charge in [0.2, 0.25) is 0 Å². The van der Waals surface area contributed by atoms with E-state index in [1.807, 2.05) is 24.3 Å². The fourth-order valence-corrected chi connectivity index (χ4v) is 2.55. The third-order valence-corrected chi connectivity index (χ3v) is 4.29. The first-order valence-corrected chi connectivity index (χ1v) is 7.81. The average molecular weight is 334 g/mol. The van der Waals surface area contributed by atoms with Crippen LogP contribution in [0.5, 0.6) is 0 Å². The van der Waals surface area contributed by atoms with Crippen LogP contribution in [0.3, 0.4) is 0 Å². The molecule has 122 valence electrons. The molecule has 1 amide bonds. The van der Waals surface area contributed by atoms with Gasteiger partial charge in [0.05, 0.1) is 0 Å². The van der Waals surface area contributed by atoms with Crippen molar-refractivity contribution in [3.05, 3.63) is 35.7 Å². The van der Waals surface area contributed by atoms with Gasteiger partial charge in [0, 0.05) is 42.6 Å². The first-order chi connectivity index (χ1) is 10.8. The lowest BCUT2D eigenvalue weighted by molar-refractivity contribution is 0.0942. The molecule has 6 nitrogen and oxygen atoms in total. The van der Waals surface area contributed by atoms with Crippen molar-refractivity contribution in [2.45, 2.75) is 18.8 Å². The molecular weight excluding hydrogens is 314 g/mol. The molecule has 1 aromatic carbocycles. The summed E-state index contributed by atoms with van der Waals surface area (Å²) in [5.74, 6) is 2.79. The van der Waals surface area contributed by atoms with Crippen LogP contribution in [0.4, 0.5) is 0 Å². The molecule has 0 bridgehead atoms. The highest BCUT2D eigenvalue weighted by Crippen LogP contribution is 2.38. The van der Waals surface area contributed by atoms with Gasteiger partial charge in [0.1, 0.15) is 5.82 Å². The van der Waals surface area contributed by atoms with E-state index in [0.29, 0.717) is 23.2 Å². The molecule has 23 heavy (non-hydrogen) atoms. The van der Waals surface area contributed by atoms with E-state index in [1.165, 1.54) is 12.8 Å². The molecule has 7 heteroatoms. The second-order valence-corrected chi connectivity index (χ2v) is 6.13. The van der Waals surface area contributed by atoms with Crippen LogP contribution in [0.25, 0.3) is 11.4 Å². The van der Waals surface area contributed by atoms with E-state index in [0.717, 1.165) is 31.0 Å². The van der Waals surface area contributed by atoms with Gasteiger partial charge in [-0.2, -0.15) is 5.10 Å². The Morgan fingerprint density at radius 3 is 2.57 bits per heavy atom. The molecule has 2 fully saturated rings. The largest absolute Gasteiger partial charge is 0.352 e. The van der Waals surface area contributed by atoms with Crippen LogP contribution < -0.4 is 10.6 Å². The summed E-state index contributed by atoms with van der Waals surface area (Å²) >= 11 is 0. The maximum Gasteiger partial charge on any atom is 0.251 e. The van der Waals surface area contributed by atoms with Crippen molar-refractivity contribution < 1.29 is 4.79 Å². The number of hydrogen-bond acceptors (Lipinski definition) is 4. The van der Waals surface area contributed by atoms with Gasteiger partial charge in [0.15, 0.2) is 5.82 Å². The van der Waals surface area contributed by atoms with Crippen molar-refractivity contribution in [2.24, 2.45) is 5.92 Å². The number of amides is 1. The summed E-state index contributed by atoms with van der Waals surface area (Å²) in [5.41, 5.74) is 1.61. The Bertz CT molecular complexity index is 676. The predicted molar refractivity (Wildman–Crippen MR) is 89.7 cm³/mol. The number of carbonyl (C=O) groups excluding carboxylic acids is 1. The smallest absolute Gasteiger partial charge is 0.251 e. The van der Waals surface area contributed by atoms with E-state index in [1.54, 1.807) is 0 Å². The molecular formula is C16H20ClN5O. The quantitative estimate of drug-likeness (QED) is 0.778. The number of aromatic nitrogens is 3. The number of hydrogen-bond donors (Lipinski definition) is 3. The summed E-state index contributed by atoms with van der Waals surface area (Å²) in [7, 11) is 0. The van der Waals surface area contributed by atoms with Crippen LogP contribution in [0.15, 0.2) is 24.3 Å². The zero-order chi connectivity index (χ0) is 14.9. The zero-order valence-electron chi connectivity index (χ0n) is 12.7. The lowest BCUT2D eigenvalue weighted by atomic mass is 10.0. The lowest BCUT2D eigenvalue weighted by Crippen LogP contribution is -2.48. The third-order valence-electron chi connectivity index (χ3n) is 4.29. The van der Waals surface area contributed by atoms with Gasteiger partial charge >= 0.3 is 0 Å². The molecule has 0 unspecified atom stereocenters. The summed E-state index contributed by atoms with van der Waals surface area (Å²) in [4.78, 5) is 16.6. The number of carbonyl (C=O) groups is 1. The highest BCUT2D eigenvalue weighted by atomic mass is 35.5. The topological polar surface area (TPSA) is 82.7 Å². The van der Waals surface area contributed by atoms with Gasteiger partial charge in [-0.3, -0.25) is 9.89 Å². The number of aromatic amines is 1. The number of halogens is 1. The van der Waals surface area contributed by atoms with E-state index in [9.17, 15) is 4.79 Å². The van der Waals surface area contributed by atoms with Crippen molar-refractivity contribution >= 4 is 18.3 Å². The maximum absolute atomic E-state index is 12.1. The maximum atomic E-state index is 12.1. The molecule has 1 aromatic heterocycles. The van der Waals surface area contributed by atoms with Gasteiger partial charge in [-0.15, -0.1) is 12.4 Å². The first-order valence-electron chi connectivity index (χ1n) is 7.81. The standard InChI is InChI=1S/C16H19N5O.ClH/c22-16(18-9-10-7-17-8-10)13-5-3-12(4-6-13)15-19-14(20-21-15)11-1-2-11;/h3-6,10-11,17H,1-2,7-9H2,(H,18,22)(H,19,20,21);1H. The highest BCUT2D eigenvalue weighted by Gasteiger charge is 2.27. The number of H-pyrrole nitrogens is 1. The zero-order valence-corrected chi connectivity index (χ0v) is 13.5. The van der Waals surface area contributed by atoms with Crippen LogP contribution >= 0.6 is 12.4 Å². The van der Waals surface area contributed by atoms with Crippen LogP contribution in [-0.2, 0) is 0 Å². The first kappa shape index (κ1) is 16.0. The molecule has 2 aliphatic rings. The minimum absolute atomic E-state index is 0. The van der Waals surface area contributed by atoms with Gasteiger partial charge in [-0.1, -0.05) is 12.1 Å². The lowest BCUT2D eigenvalue weighted by Gasteiger charge is -2.27. The van der Waals surface area contributed by atoms with Crippen LogP contribution in [0.1, 0.15) is 34.9 Å². The average Bonchev–Trinajstić information content (AvgIpc) is 3.23. The SMILES string of the molecule is Cl.O=C(NCC1CNC1)c1ccc(-c2n[nH]c(C3CC3)n2)cc1. The summed E-state index contributed by atoms with van der Waals surface area (Å²) in [6, 6.07) is 7.47. The summed E-state index contributed by atoms with van der Waals surface area (Å²) in [5, 5.41) is 13.4.